The number of nitriles is 1. The van der Waals surface area contributed by atoms with E-state index in [9.17, 15) is 10.1 Å². The minimum Gasteiger partial charge on any atom is -0.341 e. The van der Waals surface area contributed by atoms with Gasteiger partial charge in [-0.15, -0.1) is 9.24 Å². The van der Waals surface area contributed by atoms with Gasteiger partial charge in [-0.1, -0.05) is 60.7 Å². The fourth-order valence-corrected chi connectivity index (χ4v) is 6.62. The average molecular weight is 423 g/mol. The lowest BCUT2D eigenvalue weighted by Gasteiger charge is -2.32. The molecule has 1 saturated heterocycles. The Bertz CT molecular complexity index is 879. The number of benzene rings is 2. The summed E-state index contributed by atoms with van der Waals surface area (Å²) < 4.78 is 0. The summed E-state index contributed by atoms with van der Waals surface area (Å²) in [6.07, 6.45) is 3.08. The van der Waals surface area contributed by atoms with E-state index in [0.717, 1.165) is 37.8 Å². The summed E-state index contributed by atoms with van der Waals surface area (Å²) in [4.78, 5) is 15.4. The number of carbonyl (C=O) groups is 1. The molecule has 0 radical (unpaired) electrons. The molecule has 1 amide bonds. The largest absolute Gasteiger partial charge is 0.341 e. The van der Waals surface area contributed by atoms with Crippen molar-refractivity contribution in [2.75, 3.05) is 18.6 Å². The molecule has 0 aromatic heterocycles. The van der Waals surface area contributed by atoms with E-state index in [-0.39, 0.29) is 16.6 Å². The van der Waals surface area contributed by atoms with E-state index in [1.807, 2.05) is 17.0 Å². The van der Waals surface area contributed by atoms with Crippen LogP contribution < -0.4 is 0 Å². The highest BCUT2D eigenvalue weighted by molar-refractivity contribution is 8.03. The topological polar surface area (TPSA) is 44.1 Å². The number of hydrogen-bond donors (Lipinski definition) is 0. The van der Waals surface area contributed by atoms with Crippen molar-refractivity contribution in [2.45, 2.75) is 35.8 Å². The van der Waals surface area contributed by atoms with Gasteiger partial charge in [-0.2, -0.15) is 17.0 Å². The van der Waals surface area contributed by atoms with Gasteiger partial charge in [0.05, 0.1) is 6.07 Å². The van der Waals surface area contributed by atoms with E-state index in [1.165, 1.54) is 11.1 Å². The quantitative estimate of drug-likeness (QED) is 0.602. The Kier molecular flexibility index (Phi) is 6.28. The normalized spacial score (nSPS) is 21.9. The number of carbonyl (C=O) groups excluding carboxylic acids is 1. The number of likely N-dealkylation sites (tertiary alicyclic amines) is 1. The fraction of sp³-hybridized carbons (Fsp3) is 0.417. The van der Waals surface area contributed by atoms with Crippen molar-refractivity contribution in [1.82, 2.24) is 4.90 Å². The zero-order chi connectivity index (χ0) is 20.3. The maximum absolute atomic E-state index is 13.5. The van der Waals surface area contributed by atoms with Crippen molar-refractivity contribution < 1.29 is 4.79 Å². The smallest absolute Gasteiger partial charge is 0.241 e. The van der Waals surface area contributed by atoms with Crippen LogP contribution in [-0.4, -0.2) is 34.6 Å². The van der Waals surface area contributed by atoms with Crippen LogP contribution in [0.2, 0.25) is 0 Å². The predicted octanol–water partition coefficient (Wildman–Crippen LogP) is 4.81. The van der Waals surface area contributed by atoms with Crippen LogP contribution in [0, 0.1) is 17.2 Å². The molecule has 0 N–H and O–H groups in total. The summed E-state index contributed by atoms with van der Waals surface area (Å²) in [7, 11) is 2.75. The molecule has 1 heterocycles. The molecule has 5 heteroatoms. The molecule has 29 heavy (non-hydrogen) atoms. The predicted molar refractivity (Wildman–Crippen MR) is 123 cm³/mol. The van der Waals surface area contributed by atoms with Gasteiger partial charge in [0, 0.05) is 35.2 Å². The molecule has 2 aliphatic rings. The minimum atomic E-state index is -0.599. The van der Waals surface area contributed by atoms with Gasteiger partial charge in [0.2, 0.25) is 5.91 Å². The van der Waals surface area contributed by atoms with Crippen LogP contribution in [-0.2, 0) is 10.2 Å². The van der Waals surface area contributed by atoms with E-state index in [0.29, 0.717) is 5.92 Å². The zero-order valence-corrected chi connectivity index (χ0v) is 18.5. The highest BCUT2D eigenvalue weighted by Crippen LogP contribution is 2.57. The molecule has 1 aliphatic carbocycles. The summed E-state index contributed by atoms with van der Waals surface area (Å²) in [5, 5.41) is 10.1. The van der Waals surface area contributed by atoms with Crippen molar-refractivity contribution in [2.24, 2.45) is 5.92 Å². The number of thioether (sulfide) groups is 1. The van der Waals surface area contributed by atoms with Crippen molar-refractivity contribution >= 4 is 26.9 Å². The number of amides is 1. The van der Waals surface area contributed by atoms with Crippen LogP contribution in [0.3, 0.4) is 0 Å². The lowest BCUT2D eigenvalue weighted by molar-refractivity contribution is -0.132. The van der Waals surface area contributed by atoms with Crippen molar-refractivity contribution in [3.05, 3.63) is 71.8 Å². The number of rotatable bonds is 7. The third-order valence-electron chi connectivity index (χ3n) is 6.44. The van der Waals surface area contributed by atoms with Crippen molar-refractivity contribution in [3.8, 4) is 6.07 Å². The summed E-state index contributed by atoms with van der Waals surface area (Å²) in [6, 6.07) is 23.3. The highest BCUT2D eigenvalue weighted by atomic mass is 32.2. The Labute approximate surface area is 180 Å². The minimum absolute atomic E-state index is 0.00400. The van der Waals surface area contributed by atoms with E-state index in [1.54, 1.807) is 11.8 Å². The van der Waals surface area contributed by atoms with E-state index >= 15 is 0 Å². The molecule has 4 unspecified atom stereocenters. The van der Waals surface area contributed by atoms with Gasteiger partial charge in [-0.3, -0.25) is 4.79 Å². The van der Waals surface area contributed by atoms with Gasteiger partial charge in [0.1, 0.15) is 5.92 Å². The Hall–Kier alpha value is -1.82. The highest BCUT2D eigenvalue weighted by Gasteiger charge is 2.55. The first kappa shape index (κ1) is 20.5. The third kappa shape index (κ3) is 4.09. The number of nitrogens with zero attached hydrogens (tertiary/aromatic N) is 2. The van der Waals surface area contributed by atoms with Crippen molar-refractivity contribution in [1.29, 1.82) is 5.26 Å². The number of hydrogen-bond acceptors (Lipinski definition) is 3. The molecule has 0 spiro atoms. The second-order valence-electron chi connectivity index (χ2n) is 8.06. The molecule has 0 bridgehead atoms. The molecule has 150 valence electrons. The summed E-state index contributed by atoms with van der Waals surface area (Å²) in [6.45, 7) is 1.46. The van der Waals surface area contributed by atoms with Crippen LogP contribution in [0.4, 0.5) is 0 Å². The Balaban J connectivity index is 1.54. The third-order valence-corrected chi connectivity index (χ3v) is 8.29. The van der Waals surface area contributed by atoms with Crippen LogP contribution in [0.25, 0.3) is 0 Å². The molecule has 1 saturated carbocycles. The van der Waals surface area contributed by atoms with Gasteiger partial charge in [0.15, 0.2) is 0 Å². The Morgan fingerprint density at radius 2 is 1.83 bits per heavy atom. The second kappa shape index (κ2) is 8.90. The first-order chi connectivity index (χ1) is 14.2. The van der Waals surface area contributed by atoms with Gasteiger partial charge in [0.25, 0.3) is 0 Å². The molecule has 2 fully saturated rings. The standard InChI is InChI=1S/C24H27N2OPS/c25-15-21(22(29-17-28)24(12-13-24)20-9-5-2-6-10-20)23(27)26-14-11-19(16-26)18-7-3-1-4-8-18/h1-10,19,21-22H,11-14,16-17,28H2. The first-order valence-electron chi connectivity index (χ1n) is 10.3. The van der Waals surface area contributed by atoms with Crippen LogP contribution in [0.15, 0.2) is 60.7 Å². The van der Waals surface area contributed by atoms with E-state index in [2.05, 4.69) is 63.8 Å². The van der Waals surface area contributed by atoms with Crippen molar-refractivity contribution in [3.63, 3.8) is 0 Å². The fourth-order valence-electron chi connectivity index (χ4n) is 4.73. The zero-order valence-electron chi connectivity index (χ0n) is 16.5. The van der Waals surface area contributed by atoms with Crippen LogP contribution in [0.1, 0.15) is 36.3 Å². The Morgan fingerprint density at radius 3 is 2.41 bits per heavy atom. The Morgan fingerprint density at radius 1 is 1.17 bits per heavy atom. The molecule has 1 aliphatic heterocycles. The monoisotopic (exact) mass is 422 g/mol. The van der Waals surface area contributed by atoms with Gasteiger partial charge >= 0.3 is 0 Å². The SMILES string of the molecule is N#CC(C(=O)N1CCC(c2ccccc2)C1)C(SCP)C1(c2ccccc2)CC1. The van der Waals surface area contributed by atoms with Gasteiger partial charge < -0.3 is 4.90 Å². The molecule has 3 nitrogen and oxygen atoms in total. The van der Waals surface area contributed by atoms with Crippen LogP contribution >= 0.6 is 21.0 Å². The molecule has 4 atom stereocenters. The molecular weight excluding hydrogens is 395 g/mol. The summed E-state index contributed by atoms with van der Waals surface area (Å²) in [5.41, 5.74) is 3.34. The average Bonchev–Trinajstić information content (AvgIpc) is 3.43. The maximum atomic E-state index is 13.5. The van der Waals surface area contributed by atoms with Gasteiger partial charge in [-0.25, -0.2) is 0 Å². The van der Waals surface area contributed by atoms with E-state index in [4.69, 9.17) is 0 Å². The molecular formula is C24H27N2OPS. The molecule has 4 rings (SSSR count). The summed E-state index contributed by atoms with van der Waals surface area (Å²) in [5.74, 6) is -0.210. The lowest BCUT2D eigenvalue weighted by atomic mass is 9.85. The van der Waals surface area contributed by atoms with E-state index < -0.39 is 5.92 Å². The maximum Gasteiger partial charge on any atom is 0.241 e. The van der Waals surface area contributed by atoms with Crippen LogP contribution in [0.5, 0.6) is 0 Å². The molecule has 2 aromatic rings. The van der Waals surface area contributed by atoms with Gasteiger partial charge in [-0.05, 0) is 30.4 Å². The summed E-state index contributed by atoms with van der Waals surface area (Å²) >= 11 is 1.75. The first-order valence-corrected chi connectivity index (χ1v) is 12.2. The molecule has 2 aromatic carbocycles. The second-order valence-corrected chi connectivity index (χ2v) is 10.2. The lowest BCUT2D eigenvalue weighted by Crippen LogP contribution is -2.42.